The maximum Gasteiger partial charge on any atom is 0.242 e. The first-order valence-electron chi connectivity index (χ1n) is 8.86. The van der Waals surface area contributed by atoms with Crippen molar-refractivity contribution in [1.29, 1.82) is 0 Å². The fourth-order valence-electron chi connectivity index (χ4n) is 2.72. The van der Waals surface area contributed by atoms with E-state index in [1.807, 2.05) is 0 Å². The van der Waals surface area contributed by atoms with Crippen molar-refractivity contribution in [2.75, 3.05) is 6.54 Å². The number of fused-ring (bicyclic) bond motifs is 1. The molecule has 134 valence electrons. The van der Waals surface area contributed by atoms with Crippen molar-refractivity contribution >= 4 is 21.1 Å². The SMILES string of the molecule is CCCCCCCCCCCNS(=O)(=O)c1cccc2nonc12. The van der Waals surface area contributed by atoms with Crippen molar-refractivity contribution in [3.8, 4) is 0 Å². The summed E-state index contributed by atoms with van der Waals surface area (Å²) in [6, 6.07) is 4.83. The lowest BCUT2D eigenvalue weighted by Gasteiger charge is -2.07. The van der Waals surface area contributed by atoms with E-state index in [0.29, 0.717) is 12.1 Å². The van der Waals surface area contributed by atoms with Gasteiger partial charge in [-0.15, -0.1) is 0 Å². The molecule has 0 bridgehead atoms. The molecule has 1 aromatic carbocycles. The van der Waals surface area contributed by atoms with Gasteiger partial charge in [-0.3, -0.25) is 0 Å². The Morgan fingerprint density at radius 3 is 2.33 bits per heavy atom. The minimum absolute atomic E-state index is 0.122. The molecule has 1 heterocycles. The van der Waals surface area contributed by atoms with E-state index >= 15 is 0 Å². The summed E-state index contributed by atoms with van der Waals surface area (Å²) in [5.74, 6) is 0. The third-order valence-electron chi connectivity index (χ3n) is 4.11. The lowest BCUT2D eigenvalue weighted by atomic mass is 10.1. The molecule has 0 saturated heterocycles. The highest BCUT2D eigenvalue weighted by atomic mass is 32.2. The van der Waals surface area contributed by atoms with Crippen molar-refractivity contribution in [3.05, 3.63) is 18.2 Å². The third kappa shape index (κ3) is 5.56. The van der Waals surface area contributed by atoms with Crippen LogP contribution in [0.3, 0.4) is 0 Å². The number of aromatic nitrogens is 2. The van der Waals surface area contributed by atoms with E-state index in [-0.39, 0.29) is 10.4 Å². The predicted octanol–water partition coefficient (Wildman–Crippen LogP) is 4.03. The Bertz CT molecular complexity index is 713. The molecule has 2 aromatic rings. The van der Waals surface area contributed by atoms with Crippen LogP contribution in [-0.2, 0) is 10.0 Å². The van der Waals surface area contributed by atoms with E-state index in [4.69, 9.17) is 0 Å². The quantitative estimate of drug-likeness (QED) is 0.582. The Kier molecular flexibility index (Phi) is 7.65. The van der Waals surface area contributed by atoms with Gasteiger partial charge in [-0.2, -0.15) is 0 Å². The third-order valence-corrected chi connectivity index (χ3v) is 5.60. The molecule has 0 spiro atoms. The van der Waals surface area contributed by atoms with Crippen LogP contribution < -0.4 is 4.72 Å². The summed E-state index contributed by atoms with van der Waals surface area (Å²) in [6.45, 7) is 2.67. The second-order valence-corrected chi connectivity index (χ2v) is 7.85. The molecular formula is C17H27N3O3S. The van der Waals surface area contributed by atoms with Crippen molar-refractivity contribution < 1.29 is 13.0 Å². The molecule has 7 heteroatoms. The molecule has 0 saturated carbocycles. The van der Waals surface area contributed by atoms with Crippen LogP contribution in [0.4, 0.5) is 0 Å². The van der Waals surface area contributed by atoms with E-state index < -0.39 is 10.0 Å². The number of benzene rings is 1. The Hall–Kier alpha value is -1.47. The van der Waals surface area contributed by atoms with Crippen molar-refractivity contribution in [1.82, 2.24) is 15.0 Å². The van der Waals surface area contributed by atoms with Gasteiger partial charge in [0.15, 0.2) is 5.52 Å². The van der Waals surface area contributed by atoms with Crippen LogP contribution in [0.15, 0.2) is 27.7 Å². The Labute approximate surface area is 144 Å². The zero-order valence-corrected chi connectivity index (χ0v) is 15.1. The standard InChI is InChI=1S/C17H27N3O3S/c1-2-3-4-5-6-7-8-9-10-14-18-24(21,22)16-13-11-12-15-17(16)20-23-19-15/h11-13,18H,2-10,14H2,1H3. The average Bonchev–Trinajstić information content (AvgIpc) is 3.05. The molecule has 0 aliphatic carbocycles. The summed E-state index contributed by atoms with van der Waals surface area (Å²) in [4.78, 5) is 0.122. The topological polar surface area (TPSA) is 85.1 Å². The molecule has 0 atom stereocenters. The maximum atomic E-state index is 12.4. The summed E-state index contributed by atoms with van der Waals surface area (Å²) in [7, 11) is -3.58. The van der Waals surface area contributed by atoms with Gasteiger partial charge in [0.05, 0.1) is 0 Å². The van der Waals surface area contributed by atoms with E-state index in [1.54, 1.807) is 12.1 Å². The first-order chi connectivity index (χ1) is 11.6. The number of rotatable bonds is 12. The lowest BCUT2D eigenvalue weighted by Crippen LogP contribution is -2.25. The number of unbranched alkanes of at least 4 members (excludes halogenated alkanes) is 8. The predicted molar refractivity (Wildman–Crippen MR) is 94.2 cm³/mol. The number of hydrogen-bond acceptors (Lipinski definition) is 5. The van der Waals surface area contributed by atoms with Gasteiger partial charge >= 0.3 is 0 Å². The summed E-state index contributed by atoms with van der Waals surface area (Å²) in [5.41, 5.74) is 0.720. The number of nitrogens with zero attached hydrogens (tertiary/aromatic N) is 2. The molecule has 0 unspecified atom stereocenters. The van der Waals surface area contributed by atoms with Gasteiger partial charge < -0.3 is 0 Å². The van der Waals surface area contributed by atoms with Crippen LogP contribution in [-0.4, -0.2) is 25.3 Å². The van der Waals surface area contributed by atoms with E-state index in [1.165, 1.54) is 44.6 Å². The molecular weight excluding hydrogens is 326 g/mol. The zero-order chi connectivity index (χ0) is 17.3. The van der Waals surface area contributed by atoms with E-state index in [0.717, 1.165) is 19.3 Å². The molecule has 0 fully saturated rings. The largest absolute Gasteiger partial charge is 0.243 e. The maximum absolute atomic E-state index is 12.4. The van der Waals surface area contributed by atoms with Gasteiger partial charge in [0.25, 0.3) is 0 Å². The van der Waals surface area contributed by atoms with Crippen LogP contribution in [0.1, 0.15) is 64.7 Å². The number of hydrogen-bond donors (Lipinski definition) is 1. The molecule has 0 amide bonds. The van der Waals surface area contributed by atoms with Crippen molar-refractivity contribution in [2.45, 2.75) is 69.6 Å². The fourth-order valence-corrected chi connectivity index (χ4v) is 3.94. The summed E-state index contributed by atoms with van der Waals surface area (Å²) in [5, 5.41) is 7.35. The fraction of sp³-hybridized carbons (Fsp3) is 0.647. The lowest BCUT2D eigenvalue weighted by molar-refractivity contribution is 0.315. The molecule has 1 aromatic heterocycles. The molecule has 0 aliphatic rings. The molecule has 0 radical (unpaired) electrons. The first kappa shape index (κ1) is 18.9. The van der Waals surface area contributed by atoms with Gasteiger partial charge in [-0.05, 0) is 28.9 Å². The van der Waals surface area contributed by atoms with Gasteiger partial charge in [0.1, 0.15) is 10.4 Å². The minimum atomic E-state index is -3.58. The van der Waals surface area contributed by atoms with Gasteiger partial charge in [-0.25, -0.2) is 17.8 Å². The second-order valence-electron chi connectivity index (χ2n) is 6.11. The Balaban J connectivity index is 1.68. The van der Waals surface area contributed by atoms with E-state index in [2.05, 4.69) is 26.6 Å². The van der Waals surface area contributed by atoms with Crippen molar-refractivity contribution in [3.63, 3.8) is 0 Å². The molecule has 1 N–H and O–H groups in total. The monoisotopic (exact) mass is 353 g/mol. The normalized spacial score (nSPS) is 12.0. The highest BCUT2D eigenvalue weighted by Crippen LogP contribution is 2.19. The Morgan fingerprint density at radius 2 is 1.62 bits per heavy atom. The smallest absolute Gasteiger partial charge is 0.242 e. The van der Waals surface area contributed by atoms with Crippen LogP contribution in [0.2, 0.25) is 0 Å². The van der Waals surface area contributed by atoms with E-state index in [9.17, 15) is 8.42 Å². The van der Waals surface area contributed by atoms with Gasteiger partial charge in [0.2, 0.25) is 10.0 Å². The molecule has 6 nitrogen and oxygen atoms in total. The molecule has 24 heavy (non-hydrogen) atoms. The van der Waals surface area contributed by atoms with Gasteiger partial charge in [-0.1, -0.05) is 64.4 Å². The minimum Gasteiger partial charge on any atom is -0.243 e. The Morgan fingerprint density at radius 1 is 0.958 bits per heavy atom. The first-order valence-corrected chi connectivity index (χ1v) is 10.3. The highest BCUT2D eigenvalue weighted by Gasteiger charge is 2.19. The van der Waals surface area contributed by atoms with Crippen molar-refractivity contribution in [2.24, 2.45) is 0 Å². The van der Waals surface area contributed by atoms with Crippen LogP contribution >= 0.6 is 0 Å². The van der Waals surface area contributed by atoms with Crippen LogP contribution in [0, 0.1) is 0 Å². The zero-order valence-electron chi connectivity index (χ0n) is 14.3. The average molecular weight is 353 g/mol. The summed E-state index contributed by atoms with van der Waals surface area (Å²) < 4.78 is 32.0. The molecule has 2 rings (SSSR count). The number of sulfonamides is 1. The summed E-state index contributed by atoms with van der Waals surface area (Å²) in [6.07, 6.45) is 10.8. The summed E-state index contributed by atoms with van der Waals surface area (Å²) >= 11 is 0. The molecule has 0 aliphatic heterocycles. The van der Waals surface area contributed by atoms with Gasteiger partial charge in [0, 0.05) is 6.54 Å². The second kappa shape index (κ2) is 9.74. The van der Waals surface area contributed by atoms with Crippen LogP contribution in [0.5, 0.6) is 0 Å². The highest BCUT2D eigenvalue weighted by molar-refractivity contribution is 7.89. The number of nitrogens with one attached hydrogen (secondary N) is 1. The van der Waals surface area contributed by atoms with Crippen LogP contribution in [0.25, 0.3) is 11.0 Å².